The molecule has 6 heteroatoms. The minimum atomic E-state index is -1.91. The van der Waals surface area contributed by atoms with Crippen molar-refractivity contribution in [2.75, 3.05) is 6.61 Å². The predicted molar refractivity (Wildman–Crippen MR) is 23.5 cm³/mol. The Morgan fingerprint density at radius 2 is 2.00 bits per heavy atom. The molecule has 52 valence electrons. The second-order valence-corrected chi connectivity index (χ2v) is 1.04. The molecule has 0 aliphatic heterocycles. The second-order valence-electron chi connectivity index (χ2n) is 1.04. The molecule has 0 saturated heterocycles. The first-order valence-corrected chi connectivity index (χ1v) is 2.22. The third-order valence-electron chi connectivity index (χ3n) is 0.429. The number of carbonyl (C=O) groups is 2. The van der Waals surface area contributed by atoms with E-state index in [9.17, 15) is 14.7 Å². The summed E-state index contributed by atoms with van der Waals surface area (Å²) in [6.45, 7) is 1.60. The van der Waals surface area contributed by atoms with Gasteiger partial charge in [-0.3, -0.25) is 0 Å². The maximum Gasteiger partial charge on any atom is 1.00 e. The number of carboxylic acid groups (broad SMARTS) is 1. The SMILES string of the molecule is CCOC(=O)OC(=O)[O-].[Li+]. The van der Waals surface area contributed by atoms with E-state index in [-0.39, 0.29) is 25.5 Å². The first-order chi connectivity index (χ1) is 4.16. The van der Waals surface area contributed by atoms with Gasteiger partial charge in [-0.25, -0.2) is 4.79 Å². The average molecular weight is 140 g/mol. The summed E-state index contributed by atoms with van der Waals surface area (Å²) in [5.74, 6) is 0. The summed E-state index contributed by atoms with van der Waals surface area (Å²) in [7, 11) is 0. The molecule has 0 heterocycles. The fraction of sp³-hybridized carbons (Fsp3) is 0.500. The van der Waals surface area contributed by atoms with Crippen molar-refractivity contribution in [3.05, 3.63) is 0 Å². The Morgan fingerprint density at radius 1 is 1.50 bits per heavy atom. The molecule has 0 N–H and O–H groups in total. The van der Waals surface area contributed by atoms with Crippen LogP contribution in [0.1, 0.15) is 6.92 Å². The van der Waals surface area contributed by atoms with E-state index < -0.39 is 12.3 Å². The molecule has 10 heavy (non-hydrogen) atoms. The van der Waals surface area contributed by atoms with Gasteiger partial charge in [0.05, 0.1) is 6.61 Å². The van der Waals surface area contributed by atoms with E-state index in [1.165, 1.54) is 6.92 Å². The van der Waals surface area contributed by atoms with Crippen molar-refractivity contribution < 1.29 is 43.0 Å². The molecule has 0 rings (SSSR count). The van der Waals surface area contributed by atoms with Crippen LogP contribution in [0.5, 0.6) is 0 Å². The summed E-state index contributed by atoms with van der Waals surface area (Å²) >= 11 is 0. The first kappa shape index (κ1) is 12.1. The predicted octanol–water partition coefficient (Wildman–Crippen LogP) is -3.49. The smallest absolute Gasteiger partial charge is 0.453 e. The molecule has 0 aromatic rings. The fourth-order valence-corrected chi connectivity index (χ4v) is 0.215. The van der Waals surface area contributed by atoms with Crippen molar-refractivity contribution in [2.45, 2.75) is 6.92 Å². The summed E-state index contributed by atoms with van der Waals surface area (Å²) in [4.78, 5) is 19.4. The van der Waals surface area contributed by atoms with E-state index in [0.29, 0.717) is 0 Å². The molecule has 0 spiro atoms. The maximum atomic E-state index is 9.99. The zero-order valence-electron chi connectivity index (χ0n) is 5.75. The van der Waals surface area contributed by atoms with E-state index >= 15 is 0 Å². The Morgan fingerprint density at radius 3 is 2.30 bits per heavy atom. The number of carbonyl (C=O) groups excluding carboxylic acids is 2. The van der Waals surface area contributed by atoms with Gasteiger partial charge in [0.25, 0.3) is 6.16 Å². The third kappa shape index (κ3) is 7.34. The van der Waals surface area contributed by atoms with Crippen molar-refractivity contribution in [2.24, 2.45) is 0 Å². The molecule has 0 fully saturated rings. The Bertz CT molecular complexity index is 123. The maximum absolute atomic E-state index is 9.99. The number of rotatable bonds is 1. The summed E-state index contributed by atoms with van der Waals surface area (Å²) in [5, 5.41) is 9.45. The first-order valence-electron chi connectivity index (χ1n) is 2.22. The van der Waals surface area contributed by atoms with Gasteiger partial charge in [0.1, 0.15) is 0 Å². The minimum absolute atomic E-state index is 0. The third-order valence-corrected chi connectivity index (χ3v) is 0.429. The van der Waals surface area contributed by atoms with Crippen LogP contribution in [0.3, 0.4) is 0 Å². The second kappa shape index (κ2) is 6.46. The molecule has 0 aromatic heterocycles. The van der Waals surface area contributed by atoms with Crippen LogP contribution in [0.15, 0.2) is 0 Å². The van der Waals surface area contributed by atoms with Gasteiger partial charge in [-0.2, -0.15) is 0 Å². The Labute approximate surface area is 69.5 Å². The van der Waals surface area contributed by atoms with E-state index in [1.807, 2.05) is 0 Å². The molecule has 0 aromatic carbocycles. The van der Waals surface area contributed by atoms with E-state index in [2.05, 4.69) is 9.47 Å². The topological polar surface area (TPSA) is 75.7 Å². The molecule has 0 unspecified atom stereocenters. The van der Waals surface area contributed by atoms with Crippen molar-refractivity contribution in [3.8, 4) is 0 Å². The normalized spacial score (nSPS) is 7.30. The number of ether oxygens (including phenoxy) is 2. The fourth-order valence-electron chi connectivity index (χ4n) is 0.215. The largest absolute Gasteiger partial charge is 1.00 e. The van der Waals surface area contributed by atoms with Gasteiger partial charge >= 0.3 is 25.0 Å². The summed E-state index contributed by atoms with van der Waals surface area (Å²) < 4.78 is 7.51. The zero-order valence-corrected chi connectivity index (χ0v) is 5.75. The van der Waals surface area contributed by atoms with Gasteiger partial charge in [-0.05, 0) is 6.92 Å². The summed E-state index contributed by atoms with van der Waals surface area (Å²) in [5.41, 5.74) is 0. The van der Waals surface area contributed by atoms with Crippen molar-refractivity contribution >= 4 is 12.3 Å². The molecular weight excluding hydrogens is 135 g/mol. The van der Waals surface area contributed by atoms with E-state index in [1.54, 1.807) is 0 Å². The van der Waals surface area contributed by atoms with Crippen LogP contribution in [0.4, 0.5) is 9.59 Å². The zero-order chi connectivity index (χ0) is 7.28. The Balaban J connectivity index is 0. The molecular formula is C4H5LiO5. The average Bonchev–Trinajstić information content (AvgIpc) is 1.63. The number of hydrogen-bond donors (Lipinski definition) is 0. The Hall–Kier alpha value is -0.663. The summed E-state index contributed by atoms with van der Waals surface area (Å²) in [6, 6.07) is 0. The van der Waals surface area contributed by atoms with Gasteiger partial charge in [0.2, 0.25) is 0 Å². The van der Waals surface area contributed by atoms with Crippen LogP contribution >= 0.6 is 0 Å². The van der Waals surface area contributed by atoms with Gasteiger partial charge in [0.15, 0.2) is 0 Å². The molecule has 0 saturated carbocycles. The standard InChI is InChI=1S/C4H6O5.Li/c1-2-8-4(7)9-3(5)6;/h2H2,1H3,(H,5,6);/q;+1/p-1. The van der Waals surface area contributed by atoms with Gasteiger partial charge in [-0.1, -0.05) is 0 Å². The molecule has 0 atom stereocenters. The van der Waals surface area contributed by atoms with Crippen LogP contribution in [0.25, 0.3) is 0 Å². The van der Waals surface area contributed by atoms with Crippen LogP contribution in [0.2, 0.25) is 0 Å². The molecule has 5 nitrogen and oxygen atoms in total. The van der Waals surface area contributed by atoms with Gasteiger partial charge < -0.3 is 19.4 Å². The van der Waals surface area contributed by atoms with Crippen molar-refractivity contribution in [1.29, 1.82) is 0 Å². The van der Waals surface area contributed by atoms with Crippen LogP contribution in [0, 0.1) is 0 Å². The van der Waals surface area contributed by atoms with Gasteiger partial charge in [0, 0.05) is 0 Å². The molecule has 0 amide bonds. The molecule has 0 aliphatic rings. The van der Waals surface area contributed by atoms with E-state index in [0.717, 1.165) is 0 Å². The van der Waals surface area contributed by atoms with Gasteiger partial charge in [-0.15, -0.1) is 0 Å². The summed E-state index contributed by atoms with van der Waals surface area (Å²) in [6.07, 6.45) is -3.16. The molecule has 0 aliphatic carbocycles. The minimum Gasteiger partial charge on any atom is -0.453 e. The number of hydrogen-bond acceptors (Lipinski definition) is 5. The molecule has 0 bridgehead atoms. The molecule has 0 radical (unpaired) electrons. The van der Waals surface area contributed by atoms with Crippen molar-refractivity contribution in [3.63, 3.8) is 0 Å². The van der Waals surface area contributed by atoms with Crippen LogP contribution in [-0.4, -0.2) is 18.9 Å². The van der Waals surface area contributed by atoms with Crippen molar-refractivity contribution in [1.82, 2.24) is 0 Å². The van der Waals surface area contributed by atoms with Crippen LogP contribution < -0.4 is 24.0 Å². The monoisotopic (exact) mass is 140 g/mol. The van der Waals surface area contributed by atoms with Crippen LogP contribution in [-0.2, 0) is 9.47 Å². The Kier molecular flexibility index (Phi) is 7.78. The van der Waals surface area contributed by atoms with E-state index in [4.69, 9.17) is 0 Å². The quantitative estimate of drug-likeness (QED) is 0.214.